The highest BCUT2D eigenvalue weighted by molar-refractivity contribution is 7.98. The molecule has 1 fully saturated rings. The Morgan fingerprint density at radius 1 is 1.18 bits per heavy atom. The lowest BCUT2D eigenvalue weighted by Crippen LogP contribution is -2.36. The summed E-state index contributed by atoms with van der Waals surface area (Å²) in [6.07, 6.45) is 7.22. The lowest BCUT2D eigenvalue weighted by atomic mass is 9.95. The molecule has 3 heterocycles. The maximum Gasteiger partial charge on any atom is 0.270 e. The van der Waals surface area contributed by atoms with Crippen LogP contribution in [0.3, 0.4) is 0 Å². The maximum absolute atomic E-state index is 13.5. The van der Waals surface area contributed by atoms with E-state index >= 15 is 0 Å². The molecule has 1 amide bonds. The Morgan fingerprint density at radius 2 is 2.00 bits per heavy atom. The SMILES string of the molecule is O=C(NC1CCCCC1)c1csc(CSc2nnc(-c3ccco3)n2-c2ccc(F)cc2)n1. The molecule has 0 atom stereocenters. The predicted octanol–water partition coefficient (Wildman–Crippen LogP) is 5.48. The molecule has 1 saturated carbocycles. The smallest absolute Gasteiger partial charge is 0.270 e. The molecule has 1 aliphatic carbocycles. The van der Waals surface area contributed by atoms with E-state index in [0.29, 0.717) is 28.2 Å². The van der Waals surface area contributed by atoms with Crippen LogP contribution >= 0.6 is 23.1 Å². The van der Waals surface area contributed by atoms with Crippen LogP contribution < -0.4 is 5.32 Å². The number of thiazole rings is 1. The molecule has 0 radical (unpaired) electrons. The summed E-state index contributed by atoms with van der Waals surface area (Å²) >= 11 is 2.90. The number of carbonyl (C=O) groups is 1. The fourth-order valence-corrected chi connectivity index (χ4v) is 5.61. The van der Waals surface area contributed by atoms with Crippen molar-refractivity contribution in [2.75, 3.05) is 0 Å². The number of halogens is 1. The molecule has 0 saturated heterocycles. The average Bonchev–Trinajstić information content (AvgIpc) is 3.59. The van der Waals surface area contributed by atoms with Gasteiger partial charge < -0.3 is 9.73 Å². The van der Waals surface area contributed by atoms with Gasteiger partial charge in [0.05, 0.1) is 17.7 Å². The van der Waals surface area contributed by atoms with Gasteiger partial charge in [-0.2, -0.15) is 0 Å². The number of hydrogen-bond donors (Lipinski definition) is 1. The molecule has 0 aliphatic heterocycles. The van der Waals surface area contributed by atoms with Gasteiger partial charge in [-0.1, -0.05) is 31.0 Å². The summed E-state index contributed by atoms with van der Waals surface area (Å²) in [7, 11) is 0. The van der Waals surface area contributed by atoms with Crippen LogP contribution in [0.25, 0.3) is 17.3 Å². The van der Waals surface area contributed by atoms with Gasteiger partial charge in [0.1, 0.15) is 16.5 Å². The quantitative estimate of drug-likeness (QED) is 0.351. The zero-order valence-corrected chi connectivity index (χ0v) is 19.4. The van der Waals surface area contributed by atoms with Crippen LogP contribution in [0.1, 0.15) is 47.6 Å². The van der Waals surface area contributed by atoms with E-state index < -0.39 is 0 Å². The van der Waals surface area contributed by atoms with Gasteiger partial charge in [0.15, 0.2) is 10.9 Å². The van der Waals surface area contributed by atoms with Gasteiger partial charge >= 0.3 is 0 Å². The van der Waals surface area contributed by atoms with Crippen molar-refractivity contribution in [3.8, 4) is 17.3 Å². The van der Waals surface area contributed by atoms with Crippen LogP contribution in [-0.4, -0.2) is 31.7 Å². The van der Waals surface area contributed by atoms with Crippen LogP contribution in [0.4, 0.5) is 4.39 Å². The summed E-state index contributed by atoms with van der Waals surface area (Å²) in [6.45, 7) is 0. The van der Waals surface area contributed by atoms with E-state index in [9.17, 15) is 9.18 Å². The number of rotatable bonds is 7. The third-order valence-corrected chi connectivity index (χ3v) is 7.48. The Kier molecular flexibility index (Phi) is 6.54. The molecule has 0 spiro atoms. The monoisotopic (exact) mass is 483 g/mol. The fourth-order valence-electron chi connectivity index (χ4n) is 3.87. The highest BCUT2D eigenvalue weighted by atomic mass is 32.2. The normalized spacial score (nSPS) is 14.5. The largest absolute Gasteiger partial charge is 0.461 e. The third kappa shape index (κ3) is 5.01. The number of nitrogens with one attached hydrogen (secondary N) is 1. The summed E-state index contributed by atoms with van der Waals surface area (Å²) < 4.78 is 20.8. The molecule has 4 aromatic rings. The lowest BCUT2D eigenvalue weighted by molar-refractivity contribution is 0.0923. The number of benzene rings is 1. The van der Waals surface area contributed by atoms with Crippen LogP contribution in [0.2, 0.25) is 0 Å². The van der Waals surface area contributed by atoms with Gasteiger partial charge in [-0.05, 0) is 49.2 Å². The minimum atomic E-state index is -0.317. The van der Waals surface area contributed by atoms with Crippen molar-refractivity contribution in [3.05, 3.63) is 64.6 Å². The second kappa shape index (κ2) is 9.88. The summed E-state index contributed by atoms with van der Waals surface area (Å²) in [6, 6.07) is 9.97. The first-order chi connectivity index (χ1) is 16.2. The average molecular weight is 484 g/mol. The molecular formula is C23H22FN5O2S2. The van der Waals surface area contributed by atoms with Gasteiger partial charge in [0, 0.05) is 11.4 Å². The molecule has 5 rings (SSSR count). The van der Waals surface area contributed by atoms with Crippen molar-refractivity contribution >= 4 is 29.0 Å². The maximum atomic E-state index is 13.5. The van der Waals surface area contributed by atoms with Gasteiger partial charge in [-0.3, -0.25) is 9.36 Å². The molecular weight excluding hydrogens is 461 g/mol. The Hall–Kier alpha value is -2.98. The molecule has 1 N–H and O–H groups in total. The number of aromatic nitrogens is 4. The van der Waals surface area contributed by atoms with Crippen LogP contribution in [-0.2, 0) is 5.75 Å². The van der Waals surface area contributed by atoms with E-state index in [-0.39, 0.29) is 17.8 Å². The van der Waals surface area contributed by atoms with Crippen molar-refractivity contribution in [1.29, 1.82) is 0 Å². The second-order valence-electron chi connectivity index (χ2n) is 7.82. The van der Waals surface area contributed by atoms with E-state index in [2.05, 4.69) is 20.5 Å². The Balaban J connectivity index is 1.32. The number of thioether (sulfide) groups is 1. The van der Waals surface area contributed by atoms with Crippen LogP contribution in [0.5, 0.6) is 0 Å². The summed E-state index contributed by atoms with van der Waals surface area (Å²) in [4.78, 5) is 17.1. The third-order valence-electron chi connectivity index (χ3n) is 5.51. The van der Waals surface area contributed by atoms with E-state index in [0.717, 1.165) is 23.5 Å². The molecule has 33 heavy (non-hydrogen) atoms. The number of furan rings is 1. The Morgan fingerprint density at radius 3 is 2.76 bits per heavy atom. The predicted molar refractivity (Wildman–Crippen MR) is 125 cm³/mol. The zero-order valence-electron chi connectivity index (χ0n) is 17.7. The number of hydrogen-bond acceptors (Lipinski definition) is 7. The Bertz CT molecular complexity index is 1210. The van der Waals surface area contributed by atoms with Crippen molar-refractivity contribution in [2.45, 2.75) is 49.1 Å². The molecule has 170 valence electrons. The van der Waals surface area contributed by atoms with E-state index in [1.54, 1.807) is 35.9 Å². The van der Waals surface area contributed by atoms with Gasteiger partial charge in [0.25, 0.3) is 5.91 Å². The van der Waals surface area contributed by atoms with Crippen LogP contribution in [0.15, 0.2) is 57.6 Å². The lowest BCUT2D eigenvalue weighted by Gasteiger charge is -2.22. The first-order valence-electron chi connectivity index (χ1n) is 10.8. The number of amides is 1. The summed E-state index contributed by atoms with van der Waals surface area (Å²) in [5.74, 6) is 1.19. The van der Waals surface area contributed by atoms with E-state index in [1.165, 1.54) is 54.5 Å². The molecule has 7 nitrogen and oxygen atoms in total. The highest BCUT2D eigenvalue weighted by Crippen LogP contribution is 2.30. The second-order valence-corrected chi connectivity index (χ2v) is 9.70. The molecule has 1 aromatic carbocycles. The first kappa shape index (κ1) is 21.8. The van der Waals surface area contributed by atoms with Crippen molar-refractivity contribution < 1.29 is 13.6 Å². The standard InChI is InChI=1S/C23H22FN5O2S2/c24-15-8-10-17(11-9-15)29-21(19-7-4-12-31-19)27-28-23(29)33-14-20-26-18(13-32-20)22(30)25-16-5-2-1-3-6-16/h4,7-13,16H,1-3,5-6,14H2,(H,25,30). The van der Waals surface area contributed by atoms with Gasteiger partial charge in [-0.25, -0.2) is 9.37 Å². The van der Waals surface area contributed by atoms with Crippen LogP contribution in [0, 0.1) is 5.82 Å². The molecule has 0 bridgehead atoms. The minimum absolute atomic E-state index is 0.107. The van der Waals surface area contributed by atoms with Gasteiger partial charge in [-0.15, -0.1) is 21.5 Å². The molecule has 1 aliphatic rings. The summed E-state index contributed by atoms with van der Waals surface area (Å²) in [5.41, 5.74) is 1.18. The molecule has 10 heteroatoms. The van der Waals surface area contributed by atoms with Crippen molar-refractivity contribution in [2.24, 2.45) is 0 Å². The van der Waals surface area contributed by atoms with Crippen molar-refractivity contribution in [3.63, 3.8) is 0 Å². The van der Waals surface area contributed by atoms with E-state index in [4.69, 9.17) is 4.42 Å². The molecule has 0 unspecified atom stereocenters. The Labute approximate surface area is 198 Å². The zero-order chi connectivity index (χ0) is 22.6. The summed E-state index contributed by atoms with van der Waals surface area (Å²) in [5, 5.41) is 15.0. The first-order valence-corrected chi connectivity index (χ1v) is 12.7. The topological polar surface area (TPSA) is 85.8 Å². The minimum Gasteiger partial charge on any atom is -0.461 e. The number of nitrogens with zero attached hydrogens (tertiary/aromatic N) is 4. The van der Waals surface area contributed by atoms with Crippen molar-refractivity contribution in [1.82, 2.24) is 25.1 Å². The van der Waals surface area contributed by atoms with Gasteiger partial charge in [0.2, 0.25) is 5.82 Å². The number of carbonyl (C=O) groups excluding carboxylic acids is 1. The highest BCUT2D eigenvalue weighted by Gasteiger charge is 2.21. The molecule has 3 aromatic heterocycles. The van der Waals surface area contributed by atoms with E-state index in [1.807, 2.05) is 4.57 Å². The fraction of sp³-hybridized carbons (Fsp3) is 0.304.